The lowest BCUT2D eigenvalue weighted by atomic mass is 10.0. The van der Waals surface area contributed by atoms with Crippen molar-refractivity contribution in [1.82, 2.24) is 15.0 Å². The molecule has 0 fully saturated rings. The number of anilines is 1. The predicted molar refractivity (Wildman–Crippen MR) is 102 cm³/mol. The zero-order valence-electron chi connectivity index (χ0n) is 14.2. The highest BCUT2D eigenvalue weighted by atomic mass is 19.1. The van der Waals surface area contributed by atoms with Gasteiger partial charge in [-0.1, -0.05) is 6.07 Å². The molecule has 6 nitrogen and oxygen atoms in total. The third-order valence-electron chi connectivity index (χ3n) is 4.43. The van der Waals surface area contributed by atoms with Gasteiger partial charge in [-0.25, -0.2) is 9.37 Å². The third-order valence-corrected chi connectivity index (χ3v) is 4.43. The topological polar surface area (TPSA) is 99.6 Å². The first kappa shape index (κ1) is 16.3. The molecule has 0 spiro atoms. The molecule has 2 aromatic carbocycles. The summed E-state index contributed by atoms with van der Waals surface area (Å²) in [6.45, 7) is 2.93. The fourth-order valence-corrected chi connectivity index (χ4v) is 3.23. The van der Waals surface area contributed by atoms with Crippen LogP contribution in [0.2, 0.25) is 0 Å². The summed E-state index contributed by atoms with van der Waals surface area (Å²) in [5, 5.41) is 3.60. The SMILES string of the molecule is Cc1c(-c2nc3ccc(NCCN)cc3[nH]2)c(=O)[nH]c2cccc(F)c12. The molecule has 0 saturated carbocycles. The summed E-state index contributed by atoms with van der Waals surface area (Å²) < 4.78 is 14.3. The molecule has 0 radical (unpaired) electrons. The average Bonchev–Trinajstić information content (AvgIpc) is 3.02. The number of fused-ring (bicyclic) bond motifs is 2. The molecule has 0 aliphatic rings. The van der Waals surface area contributed by atoms with E-state index in [2.05, 4.69) is 20.3 Å². The van der Waals surface area contributed by atoms with Gasteiger partial charge in [0.05, 0.1) is 22.1 Å². The normalized spacial score (nSPS) is 11.3. The zero-order chi connectivity index (χ0) is 18.3. The van der Waals surface area contributed by atoms with Gasteiger partial charge in [0.1, 0.15) is 11.6 Å². The van der Waals surface area contributed by atoms with E-state index < -0.39 is 0 Å². The van der Waals surface area contributed by atoms with Gasteiger partial charge in [-0.15, -0.1) is 0 Å². The van der Waals surface area contributed by atoms with E-state index in [4.69, 9.17) is 5.73 Å². The smallest absolute Gasteiger partial charge is 0.259 e. The maximum atomic E-state index is 14.3. The second-order valence-electron chi connectivity index (χ2n) is 6.15. The standard InChI is InChI=1S/C19H18FN5O/c1-10-16-12(20)3-2-4-14(16)25-19(26)17(10)18-23-13-6-5-11(22-8-7-21)9-15(13)24-18/h2-6,9,22H,7-8,21H2,1H3,(H,23,24)(H,25,26). The van der Waals surface area contributed by atoms with Gasteiger partial charge < -0.3 is 21.0 Å². The van der Waals surface area contributed by atoms with Crippen molar-refractivity contribution in [3.8, 4) is 11.4 Å². The van der Waals surface area contributed by atoms with Crippen LogP contribution in [-0.2, 0) is 0 Å². The molecular weight excluding hydrogens is 333 g/mol. The van der Waals surface area contributed by atoms with Gasteiger partial charge in [-0.05, 0) is 42.8 Å². The Bertz CT molecular complexity index is 1180. The molecule has 132 valence electrons. The van der Waals surface area contributed by atoms with Gasteiger partial charge in [-0.3, -0.25) is 4.79 Å². The van der Waals surface area contributed by atoms with Gasteiger partial charge in [0.2, 0.25) is 0 Å². The van der Waals surface area contributed by atoms with E-state index in [0.717, 1.165) is 16.7 Å². The number of imidazole rings is 1. The van der Waals surface area contributed by atoms with Crippen LogP contribution in [0.4, 0.5) is 10.1 Å². The molecule has 26 heavy (non-hydrogen) atoms. The number of hydrogen-bond acceptors (Lipinski definition) is 4. The molecule has 0 bridgehead atoms. The van der Waals surface area contributed by atoms with Crippen molar-refractivity contribution < 1.29 is 4.39 Å². The van der Waals surface area contributed by atoms with Crippen molar-refractivity contribution >= 4 is 27.6 Å². The number of aromatic nitrogens is 3. The lowest BCUT2D eigenvalue weighted by Crippen LogP contribution is -2.12. The molecule has 0 amide bonds. The number of benzene rings is 2. The highest BCUT2D eigenvalue weighted by molar-refractivity contribution is 5.89. The van der Waals surface area contributed by atoms with Crippen LogP contribution in [0.5, 0.6) is 0 Å². The first-order valence-corrected chi connectivity index (χ1v) is 8.33. The summed E-state index contributed by atoms with van der Waals surface area (Å²) in [6.07, 6.45) is 0. The minimum Gasteiger partial charge on any atom is -0.384 e. The summed E-state index contributed by atoms with van der Waals surface area (Å²) in [4.78, 5) is 23.0. The molecule has 4 rings (SSSR count). The molecule has 0 atom stereocenters. The van der Waals surface area contributed by atoms with Crippen LogP contribution in [0.1, 0.15) is 5.56 Å². The largest absolute Gasteiger partial charge is 0.384 e. The summed E-state index contributed by atoms with van der Waals surface area (Å²) in [5.41, 5.74) is 9.00. The summed E-state index contributed by atoms with van der Waals surface area (Å²) >= 11 is 0. The first-order chi connectivity index (χ1) is 12.6. The van der Waals surface area contributed by atoms with Crippen molar-refractivity contribution in [3.05, 3.63) is 58.1 Å². The molecule has 7 heteroatoms. The number of rotatable bonds is 4. The third kappa shape index (κ3) is 2.62. The van der Waals surface area contributed by atoms with Crippen molar-refractivity contribution in [2.75, 3.05) is 18.4 Å². The molecule has 0 aliphatic carbocycles. The minimum atomic E-state index is -0.373. The summed E-state index contributed by atoms with van der Waals surface area (Å²) in [5.74, 6) is 0.0433. The van der Waals surface area contributed by atoms with E-state index in [1.165, 1.54) is 6.07 Å². The first-order valence-electron chi connectivity index (χ1n) is 8.33. The molecule has 0 aliphatic heterocycles. The second kappa shape index (κ2) is 6.27. The van der Waals surface area contributed by atoms with Crippen molar-refractivity contribution in [2.24, 2.45) is 5.73 Å². The Kier molecular flexibility index (Phi) is 3.93. The number of H-pyrrole nitrogens is 2. The quantitative estimate of drug-likeness (QED) is 0.454. The van der Waals surface area contributed by atoms with Crippen molar-refractivity contribution in [3.63, 3.8) is 0 Å². The van der Waals surface area contributed by atoms with Crippen LogP contribution in [0.3, 0.4) is 0 Å². The highest BCUT2D eigenvalue weighted by Crippen LogP contribution is 2.27. The molecule has 0 saturated heterocycles. The lowest BCUT2D eigenvalue weighted by Gasteiger charge is -2.07. The van der Waals surface area contributed by atoms with Crippen LogP contribution in [-0.4, -0.2) is 28.0 Å². The Morgan fingerprint density at radius 2 is 2.04 bits per heavy atom. The van der Waals surface area contributed by atoms with Crippen LogP contribution < -0.4 is 16.6 Å². The maximum absolute atomic E-state index is 14.3. The van der Waals surface area contributed by atoms with Crippen LogP contribution in [0.15, 0.2) is 41.2 Å². The molecule has 2 heterocycles. The highest BCUT2D eigenvalue weighted by Gasteiger charge is 2.17. The number of aromatic amines is 2. The fraction of sp³-hybridized carbons (Fsp3) is 0.158. The van der Waals surface area contributed by atoms with Gasteiger partial charge in [0.15, 0.2) is 0 Å². The minimum absolute atomic E-state index is 0.305. The number of halogens is 1. The summed E-state index contributed by atoms with van der Waals surface area (Å²) in [6, 6.07) is 10.3. The Labute approximate surface area is 148 Å². The van der Waals surface area contributed by atoms with E-state index >= 15 is 0 Å². The van der Waals surface area contributed by atoms with Gasteiger partial charge in [0, 0.05) is 24.2 Å². The molecule has 4 aromatic rings. The number of nitrogens with one attached hydrogen (secondary N) is 3. The average molecular weight is 351 g/mol. The lowest BCUT2D eigenvalue weighted by molar-refractivity contribution is 0.639. The number of nitrogens with two attached hydrogens (primary N) is 1. The monoisotopic (exact) mass is 351 g/mol. The zero-order valence-corrected chi connectivity index (χ0v) is 14.2. The Morgan fingerprint density at radius 1 is 1.19 bits per heavy atom. The van der Waals surface area contributed by atoms with Crippen LogP contribution in [0.25, 0.3) is 33.3 Å². The van der Waals surface area contributed by atoms with Crippen molar-refractivity contribution in [1.29, 1.82) is 0 Å². The predicted octanol–water partition coefficient (Wildman–Crippen LogP) is 2.89. The van der Waals surface area contributed by atoms with Gasteiger partial charge >= 0.3 is 0 Å². The van der Waals surface area contributed by atoms with E-state index in [9.17, 15) is 9.18 Å². The number of aryl methyl sites for hydroxylation is 1. The van der Waals surface area contributed by atoms with Gasteiger partial charge in [-0.2, -0.15) is 0 Å². The Morgan fingerprint density at radius 3 is 2.85 bits per heavy atom. The van der Waals surface area contributed by atoms with E-state index in [-0.39, 0.29) is 11.4 Å². The number of hydrogen-bond donors (Lipinski definition) is 4. The van der Waals surface area contributed by atoms with Gasteiger partial charge in [0.25, 0.3) is 5.56 Å². The fourth-order valence-electron chi connectivity index (χ4n) is 3.23. The van der Waals surface area contributed by atoms with Crippen molar-refractivity contribution in [2.45, 2.75) is 6.92 Å². The summed E-state index contributed by atoms with van der Waals surface area (Å²) in [7, 11) is 0. The molecule has 5 N–H and O–H groups in total. The Hall–Kier alpha value is -3.19. The number of pyridine rings is 1. The molecular formula is C19H18FN5O. The van der Waals surface area contributed by atoms with Crippen LogP contribution >= 0.6 is 0 Å². The second-order valence-corrected chi connectivity index (χ2v) is 6.15. The van der Waals surface area contributed by atoms with E-state index in [1.807, 2.05) is 18.2 Å². The molecule has 0 unspecified atom stereocenters. The van der Waals surface area contributed by atoms with Crippen LogP contribution in [0, 0.1) is 12.7 Å². The Balaban J connectivity index is 1.89. The van der Waals surface area contributed by atoms with E-state index in [1.54, 1.807) is 19.1 Å². The number of nitrogens with zero attached hydrogens (tertiary/aromatic N) is 1. The maximum Gasteiger partial charge on any atom is 0.259 e. The molecule has 2 aromatic heterocycles. The van der Waals surface area contributed by atoms with E-state index in [0.29, 0.717) is 40.9 Å².